The number of rotatable bonds is 3. The van der Waals surface area contributed by atoms with Gasteiger partial charge >= 0.3 is 6.18 Å². The number of nitrogens with zero attached hydrogens (tertiary/aromatic N) is 3. The van der Waals surface area contributed by atoms with E-state index < -0.39 is 11.7 Å². The molecule has 0 saturated carbocycles. The summed E-state index contributed by atoms with van der Waals surface area (Å²) in [5, 5.41) is 12.3. The molecule has 152 valence electrons. The van der Waals surface area contributed by atoms with Crippen molar-refractivity contribution < 1.29 is 18.0 Å². The van der Waals surface area contributed by atoms with E-state index in [1.165, 1.54) is 11.1 Å². The first-order valence-corrected chi connectivity index (χ1v) is 9.63. The Labute approximate surface area is 173 Å². The van der Waals surface area contributed by atoms with Gasteiger partial charge in [-0.15, -0.1) is 10.2 Å². The lowest BCUT2D eigenvalue weighted by molar-refractivity contribution is -0.137. The van der Waals surface area contributed by atoms with Crippen molar-refractivity contribution in [2.24, 2.45) is 0 Å². The first-order valence-electron chi connectivity index (χ1n) is 9.25. The number of amides is 1. The zero-order chi connectivity index (χ0) is 21.0. The number of alkyl halides is 3. The minimum Gasteiger partial charge on any atom is -0.345 e. The van der Waals surface area contributed by atoms with Gasteiger partial charge in [-0.3, -0.25) is 9.20 Å². The van der Waals surface area contributed by atoms with Crippen LogP contribution < -0.4 is 5.32 Å². The first-order chi connectivity index (χ1) is 14.3. The maximum Gasteiger partial charge on any atom is 0.417 e. The third-order valence-corrected chi connectivity index (χ3v) is 5.66. The average Bonchev–Trinajstić information content (AvgIpc) is 3.32. The Balaban J connectivity index is 1.46. The van der Waals surface area contributed by atoms with Crippen LogP contribution in [0.2, 0.25) is 5.02 Å². The molecule has 1 aliphatic rings. The molecule has 0 bridgehead atoms. The summed E-state index contributed by atoms with van der Waals surface area (Å²) in [7, 11) is 0. The lowest BCUT2D eigenvalue weighted by atomic mass is 9.99. The molecule has 9 heteroatoms. The van der Waals surface area contributed by atoms with Gasteiger partial charge in [-0.2, -0.15) is 13.2 Å². The Morgan fingerprint density at radius 3 is 2.67 bits per heavy atom. The number of aromatic nitrogens is 3. The summed E-state index contributed by atoms with van der Waals surface area (Å²) < 4.78 is 40.5. The number of carbonyl (C=O) groups is 1. The highest BCUT2D eigenvalue weighted by Crippen LogP contribution is 2.33. The van der Waals surface area contributed by atoms with Crippen molar-refractivity contribution in [2.45, 2.75) is 25.6 Å². The first kappa shape index (κ1) is 18.9. The van der Waals surface area contributed by atoms with Gasteiger partial charge in [-0.05, 0) is 46.9 Å². The molecule has 0 fully saturated rings. The largest absolute Gasteiger partial charge is 0.417 e. The van der Waals surface area contributed by atoms with Crippen molar-refractivity contribution in [1.82, 2.24) is 19.9 Å². The van der Waals surface area contributed by atoms with Gasteiger partial charge in [-0.25, -0.2) is 0 Å². The molecule has 0 spiro atoms. The Bertz CT molecular complexity index is 1320. The van der Waals surface area contributed by atoms with Gasteiger partial charge in [0.25, 0.3) is 5.91 Å². The highest BCUT2D eigenvalue weighted by molar-refractivity contribution is 6.33. The maximum atomic E-state index is 13.1. The molecule has 0 unspecified atom stereocenters. The molecule has 1 aliphatic carbocycles. The van der Waals surface area contributed by atoms with E-state index in [0.29, 0.717) is 5.56 Å². The van der Waals surface area contributed by atoms with Crippen molar-refractivity contribution in [3.63, 3.8) is 0 Å². The monoisotopic (exact) mass is 430 g/mol. The molecule has 2 aromatic carbocycles. The number of carbonyl (C=O) groups excluding carboxylic acids is 1. The number of pyridine rings is 1. The van der Waals surface area contributed by atoms with Crippen molar-refractivity contribution in [3.05, 3.63) is 75.7 Å². The second kappa shape index (κ2) is 6.70. The van der Waals surface area contributed by atoms with Gasteiger partial charge in [0.15, 0.2) is 11.5 Å². The van der Waals surface area contributed by atoms with Gasteiger partial charge in [-0.1, -0.05) is 35.9 Å². The summed E-state index contributed by atoms with van der Waals surface area (Å²) in [5.41, 5.74) is 2.13. The Morgan fingerprint density at radius 2 is 1.90 bits per heavy atom. The van der Waals surface area contributed by atoms with Crippen LogP contribution in [-0.4, -0.2) is 20.5 Å². The predicted octanol–water partition coefficient (Wildman–Crippen LogP) is 4.58. The molecule has 0 saturated heterocycles. The number of hydrogen-bond acceptors (Lipinski definition) is 3. The third kappa shape index (κ3) is 2.99. The summed E-state index contributed by atoms with van der Waals surface area (Å²) in [5.74, 6) is -0.183. The number of benzene rings is 2. The van der Waals surface area contributed by atoms with Gasteiger partial charge < -0.3 is 5.32 Å². The van der Waals surface area contributed by atoms with E-state index in [0.717, 1.165) is 40.3 Å². The number of nitrogens with one attached hydrogen (secondary N) is 1. The molecule has 5 rings (SSSR count). The van der Waals surface area contributed by atoms with Crippen LogP contribution in [0.25, 0.3) is 16.4 Å². The fraction of sp³-hybridized carbons (Fsp3) is 0.190. The second-order valence-electron chi connectivity index (χ2n) is 7.18. The van der Waals surface area contributed by atoms with E-state index in [1.807, 2.05) is 18.2 Å². The van der Waals surface area contributed by atoms with Crippen LogP contribution >= 0.6 is 11.6 Å². The standard InChI is InChI=1S/C21H14ClF3N4O/c22-16-8-13(21(23,24)25)10-29-17(27-28-19(16)29)9-26-20(30)15-7-6-12-5-4-11-2-1-3-14(15)18(11)12/h1-3,6-8,10H,4-5,9H2,(H,26,30). The van der Waals surface area contributed by atoms with Crippen molar-refractivity contribution in [1.29, 1.82) is 0 Å². The normalized spacial score (nSPS) is 13.3. The molecule has 5 nitrogen and oxygen atoms in total. The fourth-order valence-electron chi connectivity index (χ4n) is 3.97. The minimum absolute atomic E-state index is 0.0965. The summed E-state index contributed by atoms with van der Waals surface area (Å²) in [6.45, 7) is -0.0967. The molecular weight excluding hydrogens is 417 g/mol. The van der Waals surface area contributed by atoms with Crippen LogP contribution in [0.5, 0.6) is 0 Å². The molecule has 2 heterocycles. The summed E-state index contributed by atoms with van der Waals surface area (Å²) in [4.78, 5) is 12.9. The van der Waals surface area contributed by atoms with E-state index in [1.54, 1.807) is 6.07 Å². The smallest absolute Gasteiger partial charge is 0.345 e. The molecule has 4 aromatic rings. The maximum absolute atomic E-state index is 13.1. The van der Waals surface area contributed by atoms with Gasteiger partial charge in [0.1, 0.15) is 0 Å². The van der Waals surface area contributed by atoms with E-state index in [9.17, 15) is 18.0 Å². The summed E-state index contributed by atoms with van der Waals surface area (Å²) in [6.07, 6.45) is -1.79. The molecule has 0 atom stereocenters. The van der Waals surface area contributed by atoms with Gasteiger partial charge in [0.05, 0.1) is 17.1 Å². The third-order valence-electron chi connectivity index (χ3n) is 5.39. The summed E-state index contributed by atoms with van der Waals surface area (Å²) >= 11 is 5.93. The molecule has 2 aromatic heterocycles. The average molecular weight is 431 g/mol. The van der Waals surface area contributed by atoms with E-state index in [4.69, 9.17) is 11.6 Å². The highest BCUT2D eigenvalue weighted by Gasteiger charge is 2.32. The van der Waals surface area contributed by atoms with Gasteiger partial charge in [0.2, 0.25) is 0 Å². The lowest BCUT2D eigenvalue weighted by Crippen LogP contribution is -2.24. The van der Waals surface area contributed by atoms with Crippen LogP contribution in [0.3, 0.4) is 0 Å². The SMILES string of the molecule is O=C(NCc1nnc2c(Cl)cc(C(F)(F)F)cn12)c1ccc2c3c(cccc13)CC2. The number of aryl methyl sites for hydroxylation is 2. The van der Waals surface area contributed by atoms with Crippen molar-refractivity contribution in [3.8, 4) is 0 Å². The number of hydrogen-bond donors (Lipinski definition) is 1. The Morgan fingerprint density at radius 1 is 1.13 bits per heavy atom. The Hall–Kier alpha value is -3.13. The molecule has 1 N–H and O–H groups in total. The van der Waals surface area contributed by atoms with Crippen molar-refractivity contribution >= 4 is 33.9 Å². The topological polar surface area (TPSA) is 59.3 Å². The molecule has 0 radical (unpaired) electrons. The van der Waals surface area contributed by atoms with Crippen LogP contribution in [-0.2, 0) is 25.6 Å². The molecule has 1 amide bonds. The van der Waals surface area contributed by atoms with E-state index >= 15 is 0 Å². The van der Waals surface area contributed by atoms with E-state index in [-0.39, 0.29) is 28.9 Å². The lowest BCUT2D eigenvalue weighted by Gasteiger charge is -2.11. The number of fused-ring (bicyclic) bond motifs is 1. The van der Waals surface area contributed by atoms with Crippen molar-refractivity contribution in [2.75, 3.05) is 0 Å². The minimum atomic E-state index is -4.56. The zero-order valence-electron chi connectivity index (χ0n) is 15.4. The second-order valence-corrected chi connectivity index (χ2v) is 7.59. The quantitative estimate of drug-likeness (QED) is 0.517. The zero-order valence-corrected chi connectivity index (χ0v) is 16.2. The predicted molar refractivity (Wildman–Crippen MR) is 106 cm³/mol. The van der Waals surface area contributed by atoms with E-state index in [2.05, 4.69) is 21.6 Å². The van der Waals surface area contributed by atoms with Gasteiger partial charge in [0, 0.05) is 11.8 Å². The number of halogens is 4. The van der Waals surface area contributed by atoms with Crippen LogP contribution in [0.15, 0.2) is 42.6 Å². The fourth-order valence-corrected chi connectivity index (χ4v) is 4.22. The van der Waals surface area contributed by atoms with Crippen LogP contribution in [0, 0.1) is 0 Å². The summed E-state index contributed by atoms with van der Waals surface area (Å²) in [6, 6.07) is 10.4. The van der Waals surface area contributed by atoms with Crippen LogP contribution in [0.1, 0.15) is 32.9 Å². The van der Waals surface area contributed by atoms with Crippen LogP contribution in [0.4, 0.5) is 13.2 Å². The highest BCUT2D eigenvalue weighted by atomic mass is 35.5. The molecule has 0 aliphatic heterocycles. The Kier molecular flexibility index (Phi) is 4.21. The molecular formula is C21H14ClF3N4O. The molecule has 30 heavy (non-hydrogen) atoms.